The Hall–Kier alpha value is -1.26. The number of nitrogens with one attached hydrogen (secondary N) is 1. The molecule has 4 nitrogen and oxygen atoms in total. The lowest BCUT2D eigenvalue weighted by atomic mass is 10.0. The zero-order valence-corrected chi connectivity index (χ0v) is 14.1. The lowest BCUT2D eigenvalue weighted by Crippen LogP contribution is -2.46. The molecule has 1 fully saturated rings. The van der Waals surface area contributed by atoms with Gasteiger partial charge in [-0.1, -0.05) is 37.6 Å². The van der Waals surface area contributed by atoms with Gasteiger partial charge in [-0.3, -0.25) is 4.79 Å². The maximum absolute atomic E-state index is 11.9. The fourth-order valence-corrected chi connectivity index (χ4v) is 2.85. The first-order valence-corrected chi connectivity index (χ1v) is 8.35. The van der Waals surface area contributed by atoms with Crippen LogP contribution in [0.15, 0.2) is 24.3 Å². The molecule has 0 saturated carbocycles. The van der Waals surface area contributed by atoms with Crippen molar-refractivity contribution < 1.29 is 9.53 Å². The number of carbonyl (C=O) groups excluding carboxylic acids is 1. The molecule has 1 amide bonds. The quantitative estimate of drug-likeness (QED) is 0.818. The van der Waals surface area contributed by atoms with Crippen LogP contribution in [0.1, 0.15) is 26.7 Å². The van der Waals surface area contributed by atoms with Crippen molar-refractivity contribution in [2.45, 2.75) is 32.7 Å². The molecule has 1 saturated heterocycles. The number of nitrogens with zero attached hydrogens (tertiary/aromatic N) is 1. The Kier molecular flexibility index (Phi) is 6.52. The number of likely N-dealkylation sites (tertiary alicyclic amines) is 1. The molecule has 1 aromatic rings. The van der Waals surface area contributed by atoms with Crippen molar-refractivity contribution in [3.63, 3.8) is 0 Å². The predicted octanol–water partition coefficient (Wildman–Crippen LogP) is 2.96. The lowest BCUT2D eigenvalue weighted by molar-refractivity contribution is -0.135. The van der Waals surface area contributed by atoms with Crippen molar-refractivity contribution in [1.82, 2.24) is 10.2 Å². The molecule has 122 valence electrons. The van der Waals surface area contributed by atoms with Crippen molar-refractivity contribution in [3.8, 4) is 5.75 Å². The first kappa shape index (κ1) is 17.1. The smallest absolute Gasteiger partial charge is 0.225 e. The highest BCUT2D eigenvalue weighted by Crippen LogP contribution is 2.22. The zero-order chi connectivity index (χ0) is 15.9. The van der Waals surface area contributed by atoms with Gasteiger partial charge in [0, 0.05) is 31.6 Å². The average molecular weight is 325 g/mol. The number of amides is 1. The molecule has 5 heteroatoms. The predicted molar refractivity (Wildman–Crippen MR) is 89.4 cm³/mol. The fraction of sp³-hybridized carbons (Fsp3) is 0.588. The SMILES string of the molecule is CC(C)C(=O)N1CCC(NCCOc2ccccc2Cl)CC1. The topological polar surface area (TPSA) is 41.6 Å². The normalized spacial score (nSPS) is 16.1. The van der Waals surface area contributed by atoms with Crippen LogP contribution >= 0.6 is 11.6 Å². The molecule has 2 rings (SSSR count). The number of hydrogen-bond acceptors (Lipinski definition) is 3. The van der Waals surface area contributed by atoms with E-state index < -0.39 is 0 Å². The summed E-state index contributed by atoms with van der Waals surface area (Å²) in [5.74, 6) is 1.08. The molecule has 0 spiro atoms. The lowest BCUT2D eigenvalue weighted by Gasteiger charge is -2.33. The monoisotopic (exact) mass is 324 g/mol. The third kappa shape index (κ3) is 4.89. The Morgan fingerprint density at radius 1 is 1.36 bits per heavy atom. The van der Waals surface area contributed by atoms with Crippen LogP contribution in [-0.2, 0) is 4.79 Å². The van der Waals surface area contributed by atoms with Gasteiger partial charge in [0.15, 0.2) is 0 Å². The summed E-state index contributed by atoms with van der Waals surface area (Å²) in [6.07, 6.45) is 2.01. The van der Waals surface area contributed by atoms with Gasteiger partial charge in [-0.2, -0.15) is 0 Å². The van der Waals surface area contributed by atoms with Gasteiger partial charge in [0.1, 0.15) is 12.4 Å². The van der Waals surface area contributed by atoms with E-state index in [9.17, 15) is 4.79 Å². The molecule has 0 aromatic heterocycles. The second-order valence-corrected chi connectivity index (χ2v) is 6.39. The number of para-hydroxylation sites is 1. The van der Waals surface area contributed by atoms with Crippen LogP contribution in [-0.4, -0.2) is 43.1 Å². The van der Waals surface area contributed by atoms with Gasteiger partial charge in [0.2, 0.25) is 5.91 Å². The maximum atomic E-state index is 11.9. The summed E-state index contributed by atoms with van der Waals surface area (Å²) in [6, 6.07) is 7.96. The van der Waals surface area contributed by atoms with Crippen molar-refractivity contribution in [2.24, 2.45) is 5.92 Å². The van der Waals surface area contributed by atoms with E-state index in [0.717, 1.165) is 38.2 Å². The van der Waals surface area contributed by atoms with E-state index in [2.05, 4.69) is 5.32 Å². The molecule has 1 N–H and O–H groups in total. The van der Waals surface area contributed by atoms with Gasteiger partial charge in [-0.25, -0.2) is 0 Å². The maximum Gasteiger partial charge on any atom is 0.225 e. The molecule has 0 atom stereocenters. The Balaban J connectivity index is 1.63. The van der Waals surface area contributed by atoms with Crippen molar-refractivity contribution >= 4 is 17.5 Å². The molecule has 22 heavy (non-hydrogen) atoms. The minimum atomic E-state index is 0.0912. The van der Waals surface area contributed by atoms with Gasteiger partial charge in [-0.05, 0) is 25.0 Å². The third-order valence-electron chi connectivity index (χ3n) is 3.93. The van der Waals surface area contributed by atoms with E-state index in [-0.39, 0.29) is 11.8 Å². The number of carbonyl (C=O) groups is 1. The molecule has 1 aromatic carbocycles. The number of benzene rings is 1. The fourth-order valence-electron chi connectivity index (χ4n) is 2.65. The molecule has 0 radical (unpaired) electrons. The van der Waals surface area contributed by atoms with Crippen LogP contribution in [0, 0.1) is 5.92 Å². The standard InChI is InChI=1S/C17H25ClN2O2/c1-13(2)17(21)20-10-7-14(8-11-20)19-9-12-22-16-6-4-3-5-15(16)18/h3-6,13-14,19H,7-12H2,1-2H3. The molecular formula is C17H25ClN2O2. The summed E-state index contributed by atoms with van der Waals surface area (Å²) in [4.78, 5) is 13.9. The van der Waals surface area contributed by atoms with Gasteiger partial charge < -0.3 is 15.0 Å². The summed E-state index contributed by atoms with van der Waals surface area (Å²) < 4.78 is 5.66. The van der Waals surface area contributed by atoms with Crippen LogP contribution in [0.4, 0.5) is 0 Å². The van der Waals surface area contributed by atoms with E-state index in [1.807, 2.05) is 43.0 Å². The van der Waals surface area contributed by atoms with Crippen LogP contribution in [0.2, 0.25) is 5.02 Å². The minimum Gasteiger partial charge on any atom is -0.491 e. The van der Waals surface area contributed by atoms with Crippen LogP contribution < -0.4 is 10.1 Å². The molecule has 1 heterocycles. The third-order valence-corrected chi connectivity index (χ3v) is 4.24. The summed E-state index contributed by atoms with van der Waals surface area (Å²) >= 11 is 6.04. The van der Waals surface area contributed by atoms with E-state index >= 15 is 0 Å². The Morgan fingerprint density at radius 3 is 2.68 bits per heavy atom. The van der Waals surface area contributed by atoms with Crippen molar-refractivity contribution in [1.29, 1.82) is 0 Å². The summed E-state index contributed by atoms with van der Waals surface area (Å²) in [6.45, 7) is 6.99. The molecule has 0 bridgehead atoms. The molecule has 1 aliphatic heterocycles. The Bertz CT molecular complexity index is 485. The van der Waals surface area contributed by atoms with E-state index in [0.29, 0.717) is 17.7 Å². The highest BCUT2D eigenvalue weighted by molar-refractivity contribution is 6.32. The number of rotatable bonds is 6. The average Bonchev–Trinajstić information content (AvgIpc) is 2.53. The summed E-state index contributed by atoms with van der Waals surface area (Å²) in [7, 11) is 0. The number of halogens is 1. The number of hydrogen-bond donors (Lipinski definition) is 1. The van der Waals surface area contributed by atoms with Gasteiger partial charge in [-0.15, -0.1) is 0 Å². The Labute approximate surface area is 137 Å². The second kappa shape index (κ2) is 8.39. The molecule has 0 aliphatic carbocycles. The number of piperidine rings is 1. The minimum absolute atomic E-state index is 0.0912. The largest absolute Gasteiger partial charge is 0.491 e. The van der Waals surface area contributed by atoms with Crippen LogP contribution in [0.25, 0.3) is 0 Å². The van der Waals surface area contributed by atoms with Gasteiger partial charge in [0.05, 0.1) is 5.02 Å². The van der Waals surface area contributed by atoms with E-state index in [1.54, 1.807) is 0 Å². The molecular weight excluding hydrogens is 300 g/mol. The van der Waals surface area contributed by atoms with E-state index in [1.165, 1.54) is 0 Å². The first-order chi connectivity index (χ1) is 10.6. The first-order valence-electron chi connectivity index (χ1n) is 7.97. The second-order valence-electron chi connectivity index (χ2n) is 5.99. The van der Waals surface area contributed by atoms with Crippen LogP contribution in [0.5, 0.6) is 5.75 Å². The molecule has 1 aliphatic rings. The van der Waals surface area contributed by atoms with E-state index in [4.69, 9.17) is 16.3 Å². The summed E-state index contributed by atoms with van der Waals surface area (Å²) in [5, 5.41) is 4.14. The van der Waals surface area contributed by atoms with Gasteiger partial charge in [0.25, 0.3) is 0 Å². The zero-order valence-electron chi connectivity index (χ0n) is 13.3. The highest BCUT2D eigenvalue weighted by Gasteiger charge is 2.23. The van der Waals surface area contributed by atoms with Crippen molar-refractivity contribution in [3.05, 3.63) is 29.3 Å². The summed E-state index contributed by atoms with van der Waals surface area (Å²) in [5.41, 5.74) is 0. The Morgan fingerprint density at radius 2 is 2.05 bits per heavy atom. The molecule has 0 unspecified atom stereocenters. The highest BCUT2D eigenvalue weighted by atomic mass is 35.5. The van der Waals surface area contributed by atoms with Crippen LogP contribution in [0.3, 0.4) is 0 Å². The number of ether oxygens (including phenoxy) is 1. The van der Waals surface area contributed by atoms with Crippen molar-refractivity contribution in [2.75, 3.05) is 26.2 Å². The van der Waals surface area contributed by atoms with Gasteiger partial charge >= 0.3 is 0 Å².